The number of piperidine rings is 1. The van der Waals surface area contributed by atoms with E-state index >= 15 is 0 Å². The van der Waals surface area contributed by atoms with Gasteiger partial charge in [-0.05, 0) is 26.9 Å². The third-order valence-electron chi connectivity index (χ3n) is 2.82. The van der Waals surface area contributed by atoms with Crippen LogP contribution in [-0.2, 0) is 0 Å². The molecule has 0 aromatic heterocycles. The summed E-state index contributed by atoms with van der Waals surface area (Å²) < 4.78 is 0. The van der Waals surface area contributed by atoms with Crippen LogP contribution >= 0.6 is 0 Å². The number of nitrogens with zero attached hydrogens (tertiary/aromatic N) is 1. The van der Waals surface area contributed by atoms with Crippen LogP contribution in [-0.4, -0.2) is 31.3 Å². The maximum atomic E-state index is 2.60. The zero-order valence-electron chi connectivity index (χ0n) is 6.88. The molecule has 2 atom stereocenters. The Hall–Kier alpha value is 0.0249. The molecule has 2 bridgehead atoms. The normalized spacial score (nSPS) is 39.1. The molecule has 3 saturated heterocycles. The number of hydrogen-bond donors (Lipinski definition) is 0. The zero-order chi connectivity index (χ0) is 7.14. The second kappa shape index (κ2) is 2.26. The predicted molar refractivity (Wildman–Crippen MR) is 44.6 cm³/mol. The summed E-state index contributed by atoms with van der Waals surface area (Å²) in [5.41, 5.74) is 0. The molecule has 3 rings (SSSR count). The molecule has 3 aliphatic rings. The van der Waals surface area contributed by atoms with Gasteiger partial charge in [0.2, 0.25) is 0 Å². The van der Waals surface area contributed by atoms with Crippen molar-refractivity contribution >= 4 is 7.28 Å². The molecule has 2 heteroatoms. The van der Waals surface area contributed by atoms with Crippen molar-refractivity contribution in [2.75, 3.05) is 13.1 Å². The summed E-state index contributed by atoms with van der Waals surface area (Å²) in [4.78, 5) is 2.60. The zero-order valence-corrected chi connectivity index (χ0v) is 6.88. The molecule has 3 heterocycles. The van der Waals surface area contributed by atoms with Gasteiger partial charge in [-0.25, -0.2) is 0 Å². The van der Waals surface area contributed by atoms with Crippen molar-refractivity contribution in [1.29, 1.82) is 0 Å². The van der Waals surface area contributed by atoms with Gasteiger partial charge in [-0.1, -0.05) is 18.1 Å². The van der Waals surface area contributed by atoms with E-state index in [0.717, 1.165) is 17.7 Å². The molecule has 0 amide bonds. The largest absolute Gasteiger partial charge is 0.302 e. The lowest BCUT2D eigenvalue weighted by atomic mass is 9.38. The summed E-state index contributed by atoms with van der Waals surface area (Å²) in [6.45, 7) is 7.25. The molecular formula is C8H15BN. The highest BCUT2D eigenvalue weighted by Crippen LogP contribution is 2.41. The lowest BCUT2D eigenvalue weighted by Gasteiger charge is -2.48. The third-order valence-corrected chi connectivity index (χ3v) is 2.82. The summed E-state index contributed by atoms with van der Waals surface area (Å²) in [5, 5.41) is 0. The van der Waals surface area contributed by atoms with E-state index in [4.69, 9.17) is 0 Å². The van der Waals surface area contributed by atoms with Crippen LogP contribution in [0.25, 0.3) is 0 Å². The summed E-state index contributed by atoms with van der Waals surface area (Å²) in [5.74, 6) is 1.89. The Labute approximate surface area is 64.0 Å². The van der Waals surface area contributed by atoms with Crippen LogP contribution in [0.1, 0.15) is 20.3 Å². The minimum Gasteiger partial charge on any atom is -0.302 e. The van der Waals surface area contributed by atoms with Gasteiger partial charge in [0, 0.05) is 6.04 Å². The van der Waals surface area contributed by atoms with Gasteiger partial charge in [0.1, 0.15) is 7.28 Å². The van der Waals surface area contributed by atoms with Gasteiger partial charge in [-0.2, -0.15) is 0 Å². The number of fused-ring (bicyclic) bond motifs is 2. The van der Waals surface area contributed by atoms with Crippen molar-refractivity contribution in [3.05, 3.63) is 0 Å². The van der Waals surface area contributed by atoms with E-state index in [9.17, 15) is 0 Å². The van der Waals surface area contributed by atoms with Gasteiger partial charge in [0.05, 0.1) is 0 Å². The van der Waals surface area contributed by atoms with Crippen LogP contribution in [0.2, 0.25) is 11.6 Å². The molecule has 0 saturated carbocycles. The Balaban J connectivity index is 1.91. The lowest BCUT2D eigenvalue weighted by molar-refractivity contribution is 0.164. The molecule has 0 aromatic rings. The van der Waals surface area contributed by atoms with Gasteiger partial charge in [-0.15, -0.1) is 0 Å². The first kappa shape index (κ1) is 6.72. The Bertz CT molecular complexity index is 119. The molecule has 55 valence electrons. The molecule has 1 radical (unpaired) electrons. The summed E-state index contributed by atoms with van der Waals surface area (Å²) in [6, 6.07) is 0.763. The minimum atomic E-state index is 0.763. The van der Waals surface area contributed by atoms with E-state index in [1.807, 2.05) is 0 Å². The fourth-order valence-electron chi connectivity index (χ4n) is 2.10. The SMILES string of the molecule is CC(C)N1CC2[B]C(C2)C1. The van der Waals surface area contributed by atoms with Gasteiger partial charge in [0.15, 0.2) is 0 Å². The van der Waals surface area contributed by atoms with Crippen molar-refractivity contribution in [1.82, 2.24) is 4.90 Å². The Morgan fingerprint density at radius 3 is 2.10 bits per heavy atom. The van der Waals surface area contributed by atoms with Crippen LogP contribution < -0.4 is 0 Å². The summed E-state index contributed by atoms with van der Waals surface area (Å²) in [7, 11) is 2.53. The smallest absolute Gasteiger partial charge is 0.121 e. The van der Waals surface area contributed by atoms with Crippen molar-refractivity contribution in [2.24, 2.45) is 0 Å². The van der Waals surface area contributed by atoms with Crippen LogP contribution in [0.5, 0.6) is 0 Å². The van der Waals surface area contributed by atoms with Crippen molar-refractivity contribution in [2.45, 2.75) is 37.9 Å². The number of hydrogen-bond acceptors (Lipinski definition) is 1. The topological polar surface area (TPSA) is 3.24 Å². The molecule has 0 aromatic carbocycles. The first-order valence-corrected chi connectivity index (χ1v) is 4.35. The molecule has 3 fully saturated rings. The number of rotatable bonds is 1. The molecule has 0 spiro atoms. The summed E-state index contributed by atoms with van der Waals surface area (Å²) >= 11 is 0. The van der Waals surface area contributed by atoms with E-state index in [-0.39, 0.29) is 0 Å². The quantitative estimate of drug-likeness (QED) is 0.492. The maximum absolute atomic E-state index is 2.60. The van der Waals surface area contributed by atoms with Gasteiger partial charge >= 0.3 is 0 Å². The monoisotopic (exact) mass is 136 g/mol. The highest BCUT2D eigenvalue weighted by atomic mass is 15.2. The fourth-order valence-corrected chi connectivity index (χ4v) is 2.10. The molecule has 10 heavy (non-hydrogen) atoms. The first-order chi connectivity index (χ1) is 4.75. The second-order valence-electron chi connectivity index (χ2n) is 4.00. The van der Waals surface area contributed by atoms with E-state index in [1.165, 1.54) is 19.5 Å². The predicted octanol–water partition coefficient (Wildman–Crippen LogP) is 1.40. The molecule has 0 N–H and O–H groups in total. The molecular weight excluding hydrogens is 121 g/mol. The Morgan fingerprint density at radius 2 is 1.80 bits per heavy atom. The molecule has 0 aliphatic carbocycles. The standard InChI is InChI=1S/C8H15BN/c1-6(2)10-4-7-3-8(5-10)9-7/h6-8H,3-5H2,1-2H3. The Kier molecular flexibility index (Phi) is 1.52. The Morgan fingerprint density at radius 1 is 1.30 bits per heavy atom. The van der Waals surface area contributed by atoms with Crippen LogP contribution in [0.3, 0.4) is 0 Å². The van der Waals surface area contributed by atoms with Gasteiger partial charge in [-0.3, -0.25) is 0 Å². The maximum Gasteiger partial charge on any atom is 0.121 e. The molecule has 1 nitrogen and oxygen atoms in total. The van der Waals surface area contributed by atoms with Crippen molar-refractivity contribution in [3.8, 4) is 0 Å². The first-order valence-electron chi connectivity index (χ1n) is 4.35. The average molecular weight is 136 g/mol. The lowest BCUT2D eigenvalue weighted by Crippen LogP contribution is -2.50. The molecule has 2 unspecified atom stereocenters. The summed E-state index contributed by atoms with van der Waals surface area (Å²) in [6.07, 6.45) is 1.48. The van der Waals surface area contributed by atoms with Crippen LogP contribution in [0.4, 0.5) is 0 Å². The van der Waals surface area contributed by atoms with Crippen molar-refractivity contribution < 1.29 is 0 Å². The van der Waals surface area contributed by atoms with E-state index in [0.29, 0.717) is 0 Å². The third kappa shape index (κ3) is 0.988. The fraction of sp³-hybridized carbons (Fsp3) is 1.00. The van der Waals surface area contributed by atoms with Crippen LogP contribution in [0.15, 0.2) is 0 Å². The van der Waals surface area contributed by atoms with Gasteiger partial charge in [0.25, 0.3) is 0 Å². The van der Waals surface area contributed by atoms with E-state index in [1.54, 1.807) is 0 Å². The molecule has 3 aliphatic heterocycles. The van der Waals surface area contributed by atoms with E-state index in [2.05, 4.69) is 26.0 Å². The minimum absolute atomic E-state index is 0.763. The second-order valence-corrected chi connectivity index (χ2v) is 4.00. The van der Waals surface area contributed by atoms with Crippen LogP contribution in [0, 0.1) is 0 Å². The van der Waals surface area contributed by atoms with E-state index < -0.39 is 0 Å². The van der Waals surface area contributed by atoms with Gasteiger partial charge < -0.3 is 4.90 Å². The highest BCUT2D eigenvalue weighted by Gasteiger charge is 2.38. The van der Waals surface area contributed by atoms with Crippen molar-refractivity contribution in [3.63, 3.8) is 0 Å². The highest BCUT2D eigenvalue weighted by molar-refractivity contribution is 6.44. The average Bonchev–Trinajstić information content (AvgIpc) is 1.86.